The minimum absolute atomic E-state index is 0.000764. The summed E-state index contributed by atoms with van der Waals surface area (Å²) in [6.07, 6.45) is -3.89. The van der Waals surface area contributed by atoms with E-state index in [-0.39, 0.29) is 16.5 Å². The molecule has 0 aliphatic rings. The maximum Gasteiger partial charge on any atom is 0.416 e. The molecule has 2 aromatic carbocycles. The second-order valence-electron chi connectivity index (χ2n) is 4.72. The summed E-state index contributed by atoms with van der Waals surface area (Å²) in [5.74, 6) is -0.466. The third kappa shape index (κ3) is 4.73. The van der Waals surface area contributed by atoms with E-state index in [9.17, 15) is 22.8 Å². The van der Waals surface area contributed by atoms with E-state index in [4.69, 9.17) is 16.3 Å². The summed E-state index contributed by atoms with van der Waals surface area (Å²) in [5.41, 5.74) is -0.518. The second-order valence-corrected chi connectivity index (χ2v) is 5.13. The van der Waals surface area contributed by atoms with Gasteiger partial charge >= 0.3 is 6.18 Å². The average Bonchev–Trinajstić information content (AvgIpc) is 2.53. The van der Waals surface area contributed by atoms with Gasteiger partial charge in [0, 0.05) is 11.3 Å². The Labute approximate surface area is 140 Å². The van der Waals surface area contributed by atoms with Crippen LogP contribution in [0.4, 0.5) is 18.9 Å². The van der Waals surface area contributed by atoms with E-state index in [1.165, 1.54) is 30.3 Å². The Morgan fingerprint density at radius 1 is 1.21 bits per heavy atom. The van der Waals surface area contributed by atoms with Gasteiger partial charge in [0.1, 0.15) is 12.0 Å². The van der Waals surface area contributed by atoms with Gasteiger partial charge in [0.25, 0.3) is 5.91 Å². The van der Waals surface area contributed by atoms with Crippen molar-refractivity contribution in [1.82, 2.24) is 0 Å². The van der Waals surface area contributed by atoms with Crippen molar-refractivity contribution in [2.75, 3.05) is 11.9 Å². The predicted molar refractivity (Wildman–Crippen MR) is 82.4 cm³/mol. The topological polar surface area (TPSA) is 55.4 Å². The molecule has 0 atom stereocenters. The van der Waals surface area contributed by atoms with Crippen LogP contribution >= 0.6 is 11.6 Å². The fourth-order valence-electron chi connectivity index (χ4n) is 1.82. The first-order valence-electron chi connectivity index (χ1n) is 6.64. The first kappa shape index (κ1) is 17.8. The first-order chi connectivity index (χ1) is 11.3. The van der Waals surface area contributed by atoms with Gasteiger partial charge in [-0.25, -0.2) is 0 Å². The molecule has 0 heterocycles. The lowest BCUT2D eigenvalue weighted by Gasteiger charge is -2.11. The van der Waals surface area contributed by atoms with E-state index in [0.29, 0.717) is 11.8 Å². The molecule has 126 valence electrons. The Balaban J connectivity index is 1.98. The molecule has 0 saturated heterocycles. The zero-order valence-corrected chi connectivity index (χ0v) is 12.8. The van der Waals surface area contributed by atoms with Crippen LogP contribution in [0.5, 0.6) is 5.75 Å². The summed E-state index contributed by atoms with van der Waals surface area (Å²) in [5, 5.41) is 2.45. The molecule has 24 heavy (non-hydrogen) atoms. The standard InChI is InChI=1S/C16H11ClF3NO3/c17-13-6-10(8-22)4-5-14(13)24-9-15(23)21-12-3-1-2-11(7-12)16(18,19)20/h1-8H,9H2,(H,21,23). The molecule has 0 radical (unpaired) electrons. The molecule has 4 nitrogen and oxygen atoms in total. The van der Waals surface area contributed by atoms with E-state index < -0.39 is 24.3 Å². The number of carbonyl (C=O) groups is 2. The van der Waals surface area contributed by atoms with E-state index in [2.05, 4.69) is 5.32 Å². The molecule has 0 saturated carbocycles. The third-order valence-electron chi connectivity index (χ3n) is 2.92. The highest BCUT2D eigenvalue weighted by atomic mass is 35.5. The predicted octanol–water partition coefficient (Wildman–Crippen LogP) is 4.19. The van der Waals surface area contributed by atoms with Crippen LogP contribution in [0.3, 0.4) is 0 Å². The quantitative estimate of drug-likeness (QED) is 0.816. The molecule has 1 amide bonds. The van der Waals surface area contributed by atoms with Crippen molar-refractivity contribution >= 4 is 29.5 Å². The molecular formula is C16H11ClF3NO3. The summed E-state index contributed by atoms with van der Waals surface area (Å²) in [6, 6.07) is 8.49. The normalized spacial score (nSPS) is 11.0. The Morgan fingerprint density at radius 2 is 1.96 bits per heavy atom. The van der Waals surface area contributed by atoms with Gasteiger partial charge in [-0.1, -0.05) is 17.7 Å². The number of nitrogens with one attached hydrogen (secondary N) is 1. The lowest BCUT2D eigenvalue weighted by atomic mass is 10.2. The van der Waals surface area contributed by atoms with Gasteiger partial charge in [-0.05, 0) is 36.4 Å². The fraction of sp³-hybridized carbons (Fsp3) is 0.125. The van der Waals surface area contributed by atoms with Crippen LogP contribution in [0.1, 0.15) is 15.9 Å². The van der Waals surface area contributed by atoms with Gasteiger partial charge in [0.15, 0.2) is 6.61 Å². The maximum atomic E-state index is 12.6. The van der Waals surface area contributed by atoms with E-state index >= 15 is 0 Å². The SMILES string of the molecule is O=Cc1ccc(OCC(=O)Nc2cccc(C(F)(F)F)c2)c(Cl)c1. The van der Waals surface area contributed by atoms with Crippen molar-refractivity contribution in [3.63, 3.8) is 0 Å². The smallest absolute Gasteiger partial charge is 0.416 e. The maximum absolute atomic E-state index is 12.6. The molecular weight excluding hydrogens is 347 g/mol. The molecule has 0 unspecified atom stereocenters. The number of anilines is 1. The number of carbonyl (C=O) groups excluding carboxylic acids is 2. The van der Waals surface area contributed by atoms with Gasteiger partial charge in [-0.3, -0.25) is 9.59 Å². The number of halogens is 4. The van der Waals surface area contributed by atoms with Gasteiger partial charge < -0.3 is 10.1 Å². The summed E-state index contributed by atoms with van der Waals surface area (Å²) < 4.78 is 43.0. The van der Waals surface area contributed by atoms with Crippen LogP contribution in [0.15, 0.2) is 42.5 Å². The lowest BCUT2D eigenvalue weighted by Crippen LogP contribution is -2.20. The Bertz CT molecular complexity index is 762. The minimum atomic E-state index is -4.49. The summed E-state index contributed by atoms with van der Waals surface area (Å²) in [4.78, 5) is 22.4. The van der Waals surface area contributed by atoms with Crippen molar-refractivity contribution in [1.29, 1.82) is 0 Å². The molecule has 0 aromatic heterocycles. The van der Waals surface area contributed by atoms with Crippen LogP contribution in [0.2, 0.25) is 5.02 Å². The summed E-state index contributed by atoms with van der Waals surface area (Å²) >= 11 is 5.88. The highest BCUT2D eigenvalue weighted by Gasteiger charge is 2.30. The molecule has 0 fully saturated rings. The number of hydrogen-bond acceptors (Lipinski definition) is 3. The van der Waals surface area contributed by atoms with Crippen molar-refractivity contribution in [3.05, 3.63) is 58.6 Å². The molecule has 2 aromatic rings. The first-order valence-corrected chi connectivity index (χ1v) is 7.02. The molecule has 8 heteroatoms. The third-order valence-corrected chi connectivity index (χ3v) is 3.22. The number of amides is 1. The number of ether oxygens (including phenoxy) is 1. The van der Waals surface area contributed by atoms with Crippen LogP contribution in [0.25, 0.3) is 0 Å². The number of alkyl halides is 3. The van der Waals surface area contributed by atoms with Crippen molar-refractivity contribution in [2.45, 2.75) is 6.18 Å². The lowest BCUT2D eigenvalue weighted by molar-refractivity contribution is -0.137. The number of hydrogen-bond donors (Lipinski definition) is 1. The Hall–Kier alpha value is -2.54. The summed E-state index contributed by atoms with van der Waals surface area (Å²) in [6.45, 7) is -0.448. The van der Waals surface area contributed by atoms with Crippen LogP contribution in [0, 0.1) is 0 Å². The van der Waals surface area contributed by atoms with Crippen molar-refractivity contribution < 1.29 is 27.5 Å². The van der Waals surface area contributed by atoms with Gasteiger partial charge in [-0.15, -0.1) is 0 Å². The second kappa shape index (κ2) is 7.35. The fourth-order valence-corrected chi connectivity index (χ4v) is 2.06. The zero-order valence-electron chi connectivity index (χ0n) is 12.1. The Morgan fingerprint density at radius 3 is 2.58 bits per heavy atom. The molecule has 0 aliphatic carbocycles. The zero-order chi connectivity index (χ0) is 17.7. The van der Waals surface area contributed by atoms with Crippen LogP contribution in [-0.4, -0.2) is 18.8 Å². The molecule has 0 aliphatic heterocycles. The molecule has 0 bridgehead atoms. The number of aldehydes is 1. The van der Waals surface area contributed by atoms with E-state index in [1.54, 1.807) is 0 Å². The van der Waals surface area contributed by atoms with Crippen LogP contribution < -0.4 is 10.1 Å². The van der Waals surface area contributed by atoms with Gasteiger partial charge in [-0.2, -0.15) is 13.2 Å². The molecule has 2 rings (SSSR count). The summed E-state index contributed by atoms with van der Waals surface area (Å²) in [7, 11) is 0. The van der Waals surface area contributed by atoms with Gasteiger partial charge in [0.05, 0.1) is 10.6 Å². The van der Waals surface area contributed by atoms with Crippen molar-refractivity contribution in [3.8, 4) is 5.75 Å². The minimum Gasteiger partial charge on any atom is -0.482 e. The highest BCUT2D eigenvalue weighted by Crippen LogP contribution is 2.30. The molecule has 0 spiro atoms. The monoisotopic (exact) mass is 357 g/mol. The van der Waals surface area contributed by atoms with Crippen LogP contribution in [-0.2, 0) is 11.0 Å². The number of rotatable bonds is 5. The number of benzene rings is 2. The highest BCUT2D eigenvalue weighted by molar-refractivity contribution is 6.32. The van der Waals surface area contributed by atoms with E-state index in [0.717, 1.165) is 12.1 Å². The van der Waals surface area contributed by atoms with Gasteiger partial charge in [0.2, 0.25) is 0 Å². The van der Waals surface area contributed by atoms with Crippen molar-refractivity contribution in [2.24, 2.45) is 0 Å². The van der Waals surface area contributed by atoms with E-state index in [1.807, 2.05) is 0 Å². The largest absolute Gasteiger partial charge is 0.482 e. The average molecular weight is 358 g/mol. The Kier molecular flexibility index (Phi) is 5.46. The molecule has 1 N–H and O–H groups in total.